The third kappa shape index (κ3) is 5.56. The first-order valence-corrected chi connectivity index (χ1v) is 6.66. The maximum absolute atomic E-state index is 12.0. The molecule has 1 fully saturated rings. The number of β-amino-alcohol motifs (C(OH)–C–C–N with tert-alkyl or cyclic N) is 1. The third-order valence-electron chi connectivity index (χ3n) is 3.27. The zero-order chi connectivity index (χ0) is 15.8. The van der Waals surface area contributed by atoms with Crippen LogP contribution in [-0.2, 0) is 14.3 Å². The number of nitrogens with zero attached hydrogens (tertiary/aromatic N) is 2. The summed E-state index contributed by atoms with van der Waals surface area (Å²) in [5.74, 6) is -1.98. The number of carbonyl (C=O) groups is 3. The van der Waals surface area contributed by atoms with Crippen molar-refractivity contribution < 1.29 is 29.3 Å². The predicted molar refractivity (Wildman–Crippen MR) is 71.7 cm³/mol. The van der Waals surface area contributed by atoms with Crippen molar-refractivity contribution in [1.82, 2.24) is 15.1 Å². The zero-order valence-electron chi connectivity index (χ0n) is 11.9. The van der Waals surface area contributed by atoms with E-state index in [0.29, 0.717) is 32.7 Å². The summed E-state index contributed by atoms with van der Waals surface area (Å²) in [6, 6.07) is -1.82. The lowest BCUT2D eigenvalue weighted by Crippen LogP contribution is -2.55. The summed E-state index contributed by atoms with van der Waals surface area (Å²) >= 11 is 0. The quantitative estimate of drug-likeness (QED) is 0.501. The fourth-order valence-electron chi connectivity index (χ4n) is 2.01. The number of hydrogen-bond donors (Lipinski definition) is 3. The van der Waals surface area contributed by atoms with Crippen LogP contribution < -0.4 is 5.32 Å². The van der Waals surface area contributed by atoms with Crippen molar-refractivity contribution in [2.24, 2.45) is 0 Å². The summed E-state index contributed by atoms with van der Waals surface area (Å²) in [6.45, 7) is 2.72. The smallest absolute Gasteiger partial charge is 0.326 e. The fraction of sp³-hybridized carbons (Fsp3) is 0.750. The summed E-state index contributed by atoms with van der Waals surface area (Å²) in [6.07, 6.45) is -0.415. The number of amides is 2. The van der Waals surface area contributed by atoms with Gasteiger partial charge in [0.15, 0.2) is 0 Å². The van der Waals surface area contributed by atoms with Gasteiger partial charge in [-0.15, -0.1) is 0 Å². The van der Waals surface area contributed by atoms with Gasteiger partial charge in [-0.25, -0.2) is 9.59 Å². The number of carboxylic acid groups (broad SMARTS) is 1. The van der Waals surface area contributed by atoms with Gasteiger partial charge in [0.1, 0.15) is 6.04 Å². The highest BCUT2D eigenvalue weighted by atomic mass is 16.5. The minimum atomic E-state index is -1.31. The minimum Gasteiger partial charge on any atom is -0.480 e. The van der Waals surface area contributed by atoms with E-state index in [1.807, 2.05) is 4.90 Å². The molecule has 0 aromatic heterocycles. The van der Waals surface area contributed by atoms with Crippen LogP contribution in [0.4, 0.5) is 4.79 Å². The van der Waals surface area contributed by atoms with E-state index in [1.165, 1.54) is 4.90 Å². The SMILES string of the molecule is COC(=O)C[C@H](NC(=O)N1CCN(CCO)CC1)C(=O)O. The molecule has 9 heteroatoms. The summed E-state index contributed by atoms with van der Waals surface area (Å²) in [7, 11) is 1.16. The van der Waals surface area contributed by atoms with Gasteiger partial charge in [0.2, 0.25) is 0 Å². The van der Waals surface area contributed by atoms with Gasteiger partial charge in [-0.2, -0.15) is 0 Å². The number of aliphatic hydroxyl groups excluding tert-OH is 1. The van der Waals surface area contributed by atoms with E-state index in [1.54, 1.807) is 0 Å². The van der Waals surface area contributed by atoms with Gasteiger partial charge >= 0.3 is 18.0 Å². The molecule has 0 unspecified atom stereocenters. The number of hydrogen-bond acceptors (Lipinski definition) is 6. The molecule has 0 aliphatic carbocycles. The Bertz CT molecular complexity index is 381. The number of rotatable bonds is 6. The second-order valence-corrected chi connectivity index (χ2v) is 4.67. The number of esters is 1. The Hall–Kier alpha value is -1.87. The second kappa shape index (κ2) is 8.42. The van der Waals surface area contributed by atoms with Crippen LogP contribution in [0.1, 0.15) is 6.42 Å². The molecule has 21 heavy (non-hydrogen) atoms. The van der Waals surface area contributed by atoms with E-state index in [2.05, 4.69) is 10.1 Å². The maximum Gasteiger partial charge on any atom is 0.326 e. The highest BCUT2D eigenvalue weighted by Crippen LogP contribution is 2.03. The molecule has 0 aromatic carbocycles. The lowest BCUT2D eigenvalue weighted by atomic mass is 10.2. The highest BCUT2D eigenvalue weighted by molar-refractivity contribution is 5.86. The molecular formula is C12H21N3O6. The van der Waals surface area contributed by atoms with Crippen LogP contribution in [-0.4, -0.2) is 90.5 Å². The summed E-state index contributed by atoms with van der Waals surface area (Å²) in [5.41, 5.74) is 0. The van der Waals surface area contributed by atoms with Gasteiger partial charge in [0.25, 0.3) is 0 Å². The number of nitrogens with one attached hydrogen (secondary N) is 1. The molecule has 1 heterocycles. The zero-order valence-corrected chi connectivity index (χ0v) is 11.9. The molecule has 1 saturated heterocycles. The largest absolute Gasteiger partial charge is 0.480 e. The number of urea groups is 1. The molecule has 0 aromatic rings. The monoisotopic (exact) mass is 303 g/mol. The molecule has 0 bridgehead atoms. The van der Waals surface area contributed by atoms with Gasteiger partial charge in [-0.3, -0.25) is 9.69 Å². The van der Waals surface area contributed by atoms with E-state index in [-0.39, 0.29) is 6.61 Å². The Morgan fingerprint density at radius 1 is 1.24 bits per heavy atom. The van der Waals surface area contributed by atoms with E-state index < -0.39 is 30.4 Å². The Morgan fingerprint density at radius 3 is 2.33 bits per heavy atom. The van der Waals surface area contributed by atoms with Crippen molar-refractivity contribution in [2.75, 3.05) is 46.4 Å². The van der Waals surface area contributed by atoms with Crippen LogP contribution in [0.25, 0.3) is 0 Å². The van der Waals surface area contributed by atoms with Crippen molar-refractivity contribution >= 4 is 18.0 Å². The van der Waals surface area contributed by atoms with Gasteiger partial charge in [-0.1, -0.05) is 0 Å². The Balaban J connectivity index is 2.47. The first-order valence-electron chi connectivity index (χ1n) is 6.66. The summed E-state index contributed by atoms with van der Waals surface area (Å²) in [5, 5.41) is 20.2. The number of ether oxygens (including phenoxy) is 1. The number of aliphatic hydroxyl groups is 1. The second-order valence-electron chi connectivity index (χ2n) is 4.67. The summed E-state index contributed by atoms with van der Waals surface area (Å²) in [4.78, 5) is 37.6. The number of methoxy groups -OCH3 is 1. The predicted octanol–water partition coefficient (Wildman–Crippen LogP) is -1.68. The maximum atomic E-state index is 12.0. The van der Waals surface area contributed by atoms with Crippen molar-refractivity contribution in [3.05, 3.63) is 0 Å². The fourth-order valence-corrected chi connectivity index (χ4v) is 2.01. The molecular weight excluding hydrogens is 282 g/mol. The molecule has 9 nitrogen and oxygen atoms in total. The summed E-state index contributed by atoms with van der Waals surface area (Å²) < 4.78 is 4.40. The van der Waals surface area contributed by atoms with Crippen LogP contribution in [0.3, 0.4) is 0 Å². The number of carbonyl (C=O) groups excluding carboxylic acids is 2. The van der Waals surface area contributed by atoms with Crippen molar-refractivity contribution in [3.63, 3.8) is 0 Å². The molecule has 0 saturated carbocycles. The molecule has 1 aliphatic heterocycles. The Morgan fingerprint density at radius 2 is 1.86 bits per heavy atom. The van der Waals surface area contributed by atoms with Gasteiger partial charge in [0.05, 0.1) is 20.1 Å². The van der Waals surface area contributed by atoms with Crippen LogP contribution >= 0.6 is 0 Å². The standard InChI is InChI=1S/C12H21N3O6/c1-21-10(17)8-9(11(18)19)13-12(20)15-4-2-14(3-5-15)6-7-16/h9,16H,2-8H2,1H3,(H,13,20)(H,18,19)/t9-/m0/s1. The van der Waals surface area contributed by atoms with E-state index in [0.717, 1.165) is 7.11 Å². The first-order chi connectivity index (χ1) is 9.97. The number of carboxylic acids is 1. The van der Waals surface area contributed by atoms with Crippen molar-refractivity contribution in [3.8, 4) is 0 Å². The van der Waals surface area contributed by atoms with E-state index >= 15 is 0 Å². The van der Waals surface area contributed by atoms with Crippen LogP contribution in [0.15, 0.2) is 0 Å². The van der Waals surface area contributed by atoms with Gasteiger partial charge in [0, 0.05) is 32.7 Å². The average Bonchev–Trinajstić information content (AvgIpc) is 2.47. The van der Waals surface area contributed by atoms with Gasteiger partial charge < -0.3 is 25.2 Å². The highest BCUT2D eigenvalue weighted by Gasteiger charge is 2.27. The molecule has 2 amide bonds. The topological polar surface area (TPSA) is 119 Å². The van der Waals surface area contributed by atoms with E-state index in [4.69, 9.17) is 10.2 Å². The third-order valence-corrected chi connectivity index (χ3v) is 3.27. The number of piperazine rings is 1. The normalized spacial score (nSPS) is 17.1. The molecule has 3 N–H and O–H groups in total. The molecule has 120 valence electrons. The minimum absolute atomic E-state index is 0.0619. The first kappa shape index (κ1) is 17.2. The van der Waals surface area contributed by atoms with Crippen molar-refractivity contribution in [1.29, 1.82) is 0 Å². The number of aliphatic carboxylic acids is 1. The van der Waals surface area contributed by atoms with Crippen molar-refractivity contribution in [2.45, 2.75) is 12.5 Å². The lowest BCUT2D eigenvalue weighted by Gasteiger charge is -2.34. The van der Waals surface area contributed by atoms with Gasteiger partial charge in [-0.05, 0) is 0 Å². The molecule has 1 rings (SSSR count). The molecule has 0 spiro atoms. The average molecular weight is 303 g/mol. The molecule has 0 radical (unpaired) electrons. The molecule has 1 aliphatic rings. The molecule has 1 atom stereocenters. The van der Waals surface area contributed by atoms with Crippen LogP contribution in [0, 0.1) is 0 Å². The van der Waals surface area contributed by atoms with Crippen LogP contribution in [0.5, 0.6) is 0 Å². The Labute approximate surface area is 122 Å². The van der Waals surface area contributed by atoms with E-state index in [9.17, 15) is 14.4 Å². The Kier molecular flexibility index (Phi) is 6.89. The van der Waals surface area contributed by atoms with Crippen LogP contribution in [0.2, 0.25) is 0 Å². The lowest BCUT2D eigenvalue weighted by molar-refractivity contribution is -0.147.